The molecule has 0 fully saturated rings. The van der Waals surface area contributed by atoms with Crippen molar-refractivity contribution in [2.45, 2.75) is 0 Å². The van der Waals surface area contributed by atoms with E-state index in [4.69, 9.17) is 4.42 Å². The van der Waals surface area contributed by atoms with Gasteiger partial charge in [0.25, 0.3) is 0 Å². The lowest BCUT2D eigenvalue weighted by atomic mass is 10.2. The van der Waals surface area contributed by atoms with Crippen LogP contribution in [0.2, 0.25) is 0 Å². The first-order valence-corrected chi connectivity index (χ1v) is 7.57. The van der Waals surface area contributed by atoms with Crippen molar-refractivity contribution in [1.82, 2.24) is 19.4 Å². The molecule has 0 radical (unpaired) electrons. The monoisotopic (exact) mass is 315 g/mol. The second-order valence-electron chi connectivity index (χ2n) is 5.53. The van der Waals surface area contributed by atoms with Crippen molar-refractivity contribution in [1.29, 1.82) is 0 Å². The van der Waals surface area contributed by atoms with Crippen molar-refractivity contribution in [2.75, 3.05) is 5.32 Å². The molecule has 0 spiro atoms. The van der Waals surface area contributed by atoms with Crippen molar-refractivity contribution in [2.24, 2.45) is 0 Å². The average molecular weight is 315 g/mol. The number of anilines is 2. The lowest BCUT2D eigenvalue weighted by Crippen LogP contribution is -1.98. The zero-order chi connectivity index (χ0) is 15.9. The van der Waals surface area contributed by atoms with Gasteiger partial charge in [0.1, 0.15) is 0 Å². The SMILES string of the molecule is c1cn2c(-c3ccoc3)cnc2c(Nc2ccc3[nH]ccc3c2)n1. The molecule has 4 aromatic heterocycles. The molecule has 5 rings (SSSR count). The normalized spacial score (nSPS) is 11.3. The molecule has 0 saturated heterocycles. The van der Waals surface area contributed by atoms with Gasteiger partial charge >= 0.3 is 0 Å². The highest BCUT2D eigenvalue weighted by Gasteiger charge is 2.11. The fourth-order valence-corrected chi connectivity index (χ4v) is 2.90. The van der Waals surface area contributed by atoms with E-state index in [1.165, 1.54) is 0 Å². The first-order valence-electron chi connectivity index (χ1n) is 7.57. The molecule has 116 valence electrons. The van der Waals surface area contributed by atoms with E-state index in [1.807, 2.05) is 47.3 Å². The van der Waals surface area contributed by atoms with Crippen LogP contribution in [0.1, 0.15) is 0 Å². The van der Waals surface area contributed by atoms with E-state index in [0.29, 0.717) is 5.82 Å². The van der Waals surface area contributed by atoms with Gasteiger partial charge in [-0.3, -0.25) is 4.40 Å². The van der Waals surface area contributed by atoms with Gasteiger partial charge in [-0.15, -0.1) is 0 Å². The summed E-state index contributed by atoms with van der Waals surface area (Å²) in [7, 11) is 0. The summed E-state index contributed by atoms with van der Waals surface area (Å²) in [5.74, 6) is 0.710. The molecule has 0 aliphatic carbocycles. The van der Waals surface area contributed by atoms with E-state index < -0.39 is 0 Å². The van der Waals surface area contributed by atoms with Gasteiger partial charge in [-0.1, -0.05) is 0 Å². The number of benzene rings is 1. The van der Waals surface area contributed by atoms with Crippen LogP contribution in [0, 0.1) is 0 Å². The van der Waals surface area contributed by atoms with E-state index in [2.05, 4.69) is 26.3 Å². The van der Waals surface area contributed by atoms with Crippen LogP contribution < -0.4 is 5.32 Å². The summed E-state index contributed by atoms with van der Waals surface area (Å²) in [6.07, 6.45) is 10.8. The third-order valence-electron chi connectivity index (χ3n) is 4.06. The number of rotatable bonds is 3. The minimum absolute atomic E-state index is 0.710. The summed E-state index contributed by atoms with van der Waals surface area (Å²) in [5.41, 5.74) is 4.78. The quantitative estimate of drug-likeness (QED) is 0.523. The molecule has 24 heavy (non-hydrogen) atoms. The van der Waals surface area contributed by atoms with Crippen molar-refractivity contribution >= 4 is 28.1 Å². The van der Waals surface area contributed by atoms with Gasteiger partial charge in [0.15, 0.2) is 11.5 Å². The molecule has 0 aliphatic heterocycles. The molecule has 0 unspecified atom stereocenters. The van der Waals surface area contributed by atoms with E-state index >= 15 is 0 Å². The highest BCUT2D eigenvalue weighted by atomic mass is 16.3. The molecule has 0 aliphatic rings. The van der Waals surface area contributed by atoms with Crippen LogP contribution in [-0.2, 0) is 0 Å². The van der Waals surface area contributed by atoms with Gasteiger partial charge in [-0.05, 0) is 30.3 Å². The number of aromatic nitrogens is 4. The Morgan fingerprint density at radius 2 is 2.12 bits per heavy atom. The fourth-order valence-electron chi connectivity index (χ4n) is 2.90. The van der Waals surface area contributed by atoms with Gasteiger partial charge in [0, 0.05) is 40.7 Å². The van der Waals surface area contributed by atoms with Crippen LogP contribution in [0.5, 0.6) is 0 Å². The number of hydrogen-bond donors (Lipinski definition) is 2. The standard InChI is InChI=1S/C18H13N5O/c1-2-15-12(3-5-19-15)9-14(1)22-17-18-21-10-16(13-4-8-24-11-13)23(18)7-6-20-17/h1-11,19H,(H,20,22). The number of hydrogen-bond acceptors (Lipinski definition) is 4. The Morgan fingerprint density at radius 3 is 3.04 bits per heavy atom. The number of fused-ring (bicyclic) bond motifs is 2. The first-order chi connectivity index (χ1) is 11.9. The number of aromatic amines is 1. The summed E-state index contributed by atoms with van der Waals surface area (Å²) in [4.78, 5) is 12.1. The maximum atomic E-state index is 5.17. The Morgan fingerprint density at radius 1 is 1.12 bits per heavy atom. The van der Waals surface area contributed by atoms with Gasteiger partial charge in [0.05, 0.1) is 24.4 Å². The second kappa shape index (κ2) is 4.99. The Balaban J connectivity index is 1.59. The molecule has 4 heterocycles. The van der Waals surface area contributed by atoms with Crippen molar-refractivity contribution in [3.8, 4) is 11.3 Å². The minimum atomic E-state index is 0.710. The topological polar surface area (TPSA) is 71.2 Å². The van der Waals surface area contributed by atoms with Gasteiger partial charge in [-0.25, -0.2) is 9.97 Å². The lowest BCUT2D eigenvalue weighted by molar-refractivity contribution is 0.568. The summed E-state index contributed by atoms with van der Waals surface area (Å²) in [5, 5.41) is 4.50. The maximum Gasteiger partial charge on any atom is 0.180 e. The molecular weight excluding hydrogens is 302 g/mol. The minimum Gasteiger partial charge on any atom is -0.472 e. The zero-order valence-corrected chi connectivity index (χ0v) is 12.6. The molecule has 0 amide bonds. The highest BCUT2D eigenvalue weighted by molar-refractivity contribution is 5.85. The van der Waals surface area contributed by atoms with Gasteiger partial charge < -0.3 is 14.7 Å². The van der Waals surface area contributed by atoms with Crippen LogP contribution in [0.25, 0.3) is 27.8 Å². The second-order valence-corrected chi connectivity index (χ2v) is 5.53. The number of furan rings is 1. The third kappa shape index (κ3) is 1.97. The van der Waals surface area contributed by atoms with Crippen molar-refractivity contribution < 1.29 is 4.42 Å². The summed E-state index contributed by atoms with van der Waals surface area (Å²) >= 11 is 0. The van der Waals surface area contributed by atoms with E-state index in [0.717, 1.165) is 33.5 Å². The zero-order valence-electron chi connectivity index (χ0n) is 12.6. The summed E-state index contributed by atoms with van der Waals surface area (Å²) in [6.45, 7) is 0. The lowest BCUT2D eigenvalue weighted by Gasteiger charge is -2.07. The smallest absolute Gasteiger partial charge is 0.180 e. The van der Waals surface area contributed by atoms with E-state index in [9.17, 15) is 0 Å². The van der Waals surface area contributed by atoms with Gasteiger partial charge in [0.2, 0.25) is 0 Å². The summed E-state index contributed by atoms with van der Waals surface area (Å²) < 4.78 is 7.17. The number of H-pyrrole nitrogens is 1. The predicted molar refractivity (Wildman–Crippen MR) is 92.3 cm³/mol. The van der Waals surface area contributed by atoms with Crippen molar-refractivity contribution in [3.05, 3.63) is 67.6 Å². The van der Waals surface area contributed by atoms with E-state index in [-0.39, 0.29) is 0 Å². The first kappa shape index (κ1) is 13.0. The molecule has 0 atom stereocenters. The highest BCUT2D eigenvalue weighted by Crippen LogP contribution is 2.26. The maximum absolute atomic E-state index is 5.17. The molecular formula is C18H13N5O. The van der Waals surface area contributed by atoms with Crippen molar-refractivity contribution in [3.63, 3.8) is 0 Å². The number of nitrogens with one attached hydrogen (secondary N) is 2. The van der Waals surface area contributed by atoms with Gasteiger partial charge in [-0.2, -0.15) is 0 Å². The molecule has 0 bridgehead atoms. The fraction of sp³-hybridized carbons (Fsp3) is 0. The molecule has 1 aromatic carbocycles. The Kier molecular flexibility index (Phi) is 2.69. The van der Waals surface area contributed by atoms with E-state index in [1.54, 1.807) is 18.7 Å². The molecule has 5 aromatic rings. The predicted octanol–water partition coefficient (Wildman–Crippen LogP) is 4.21. The largest absolute Gasteiger partial charge is 0.472 e. The van der Waals surface area contributed by atoms with Crippen LogP contribution >= 0.6 is 0 Å². The van der Waals surface area contributed by atoms with Crippen LogP contribution in [0.3, 0.4) is 0 Å². The van der Waals surface area contributed by atoms with Crippen LogP contribution in [0.4, 0.5) is 11.5 Å². The average Bonchev–Trinajstić information content (AvgIpc) is 3.34. The van der Waals surface area contributed by atoms with Crippen LogP contribution in [-0.4, -0.2) is 19.4 Å². The Hall–Kier alpha value is -3.54. The molecule has 6 heteroatoms. The molecule has 2 N–H and O–H groups in total. The third-order valence-corrected chi connectivity index (χ3v) is 4.06. The number of nitrogens with zero attached hydrogens (tertiary/aromatic N) is 3. The molecule has 0 saturated carbocycles. The molecule has 6 nitrogen and oxygen atoms in total. The Bertz CT molecular complexity index is 1140. The Labute approximate surface area is 136 Å². The number of imidazole rings is 1. The summed E-state index contributed by atoms with van der Waals surface area (Å²) in [6, 6.07) is 10.1. The van der Waals surface area contributed by atoms with Crippen LogP contribution in [0.15, 0.2) is 72.1 Å².